The molecular weight excluding hydrogens is 202 g/mol. The fourth-order valence-electron chi connectivity index (χ4n) is 4.16. The van der Waals surface area contributed by atoms with Crippen LogP contribution >= 0.6 is 0 Å². The highest BCUT2D eigenvalue weighted by Crippen LogP contribution is 2.54. The number of hydrogen-bond donors (Lipinski definition) is 1. The zero-order valence-corrected chi connectivity index (χ0v) is 9.99. The van der Waals surface area contributed by atoms with Gasteiger partial charge in [0.05, 0.1) is 13.2 Å². The fourth-order valence-corrected chi connectivity index (χ4v) is 4.16. The Kier molecular flexibility index (Phi) is 2.94. The van der Waals surface area contributed by atoms with Crippen LogP contribution in [0, 0.1) is 17.3 Å². The van der Waals surface area contributed by atoms with Crippen LogP contribution in [0.5, 0.6) is 0 Å². The van der Waals surface area contributed by atoms with Crippen molar-refractivity contribution in [1.29, 1.82) is 0 Å². The first-order chi connectivity index (χ1) is 7.82. The molecule has 1 atom stereocenters. The summed E-state index contributed by atoms with van der Waals surface area (Å²) in [7, 11) is 0. The molecule has 2 bridgehead atoms. The summed E-state index contributed by atoms with van der Waals surface area (Å²) in [6.07, 6.45) is 8.01. The first-order valence-electron chi connectivity index (χ1n) is 6.76. The van der Waals surface area contributed by atoms with Crippen molar-refractivity contribution < 1.29 is 9.47 Å². The van der Waals surface area contributed by atoms with Crippen molar-refractivity contribution in [2.75, 3.05) is 19.8 Å². The van der Waals surface area contributed by atoms with Crippen LogP contribution in [0.15, 0.2) is 0 Å². The van der Waals surface area contributed by atoms with E-state index >= 15 is 0 Å². The minimum atomic E-state index is 0.0305. The van der Waals surface area contributed by atoms with Crippen LogP contribution in [0.2, 0.25) is 0 Å². The SMILES string of the molecule is NCC1(CC2OCCO2)CC2CCC1CC2. The Morgan fingerprint density at radius 1 is 1.06 bits per heavy atom. The standard InChI is InChI=1S/C13H23NO2/c14-9-13(8-12-15-5-6-16-12)7-10-1-3-11(13)4-2-10/h10-12H,1-9,14H2. The summed E-state index contributed by atoms with van der Waals surface area (Å²) >= 11 is 0. The van der Waals surface area contributed by atoms with Gasteiger partial charge in [-0.3, -0.25) is 0 Å². The molecule has 1 heterocycles. The fraction of sp³-hybridized carbons (Fsp3) is 1.00. The topological polar surface area (TPSA) is 44.5 Å². The maximum atomic E-state index is 6.09. The van der Waals surface area contributed by atoms with E-state index in [1.165, 1.54) is 32.1 Å². The third kappa shape index (κ3) is 1.79. The highest BCUT2D eigenvalue weighted by Gasteiger charge is 2.48. The number of rotatable bonds is 3. The normalized spacial score (nSPS) is 44.1. The van der Waals surface area contributed by atoms with Crippen LogP contribution < -0.4 is 5.73 Å². The van der Waals surface area contributed by atoms with E-state index in [4.69, 9.17) is 15.2 Å². The lowest BCUT2D eigenvalue weighted by Gasteiger charge is -2.52. The lowest BCUT2D eigenvalue weighted by Crippen LogP contribution is -2.48. The Hall–Kier alpha value is -0.120. The molecule has 0 aromatic rings. The number of nitrogens with two attached hydrogens (primary N) is 1. The molecule has 1 unspecified atom stereocenters. The summed E-state index contributed by atoms with van der Waals surface area (Å²) in [6.45, 7) is 2.34. The Bertz CT molecular complexity index is 244. The molecule has 0 radical (unpaired) electrons. The number of ether oxygens (including phenoxy) is 2. The van der Waals surface area contributed by atoms with E-state index in [2.05, 4.69) is 0 Å². The van der Waals surface area contributed by atoms with Crippen LogP contribution in [0.4, 0.5) is 0 Å². The van der Waals surface area contributed by atoms with Gasteiger partial charge in [0.1, 0.15) is 0 Å². The van der Waals surface area contributed by atoms with Gasteiger partial charge in [0, 0.05) is 6.42 Å². The monoisotopic (exact) mass is 225 g/mol. The molecule has 1 aliphatic heterocycles. The average Bonchev–Trinajstić information content (AvgIpc) is 2.83. The second-order valence-electron chi connectivity index (χ2n) is 5.86. The summed E-state index contributed by atoms with van der Waals surface area (Å²) in [6, 6.07) is 0. The summed E-state index contributed by atoms with van der Waals surface area (Å²) < 4.78 is 11.2. The molecule has 3 saturated carbocycles. The zero-order valence-electron chi connectivity index (χ0n) is 9.99. The maximum absolute atomic E-state index is 6.09. The maximum Gasteiger partial charge on any atom is 0.158 e. The van der Waals surface area contributed by atoms with Crippen LogP contribution in [0.25, 0.3) is 0 Å². The van der Waals surface area contributed by atoms with E-state index in [1.54, 1.807) is 0 Å². The van der Waals surface area contributed by atoms with Crippen molar-refractivity contribution in [3.8, 4) is 0 Å². The lowest BCUT2D eigenvalue weighted by molar-refractivity contribution is -0.107. The third-order valence-corrected chi connectivity index (χ3v) is 5.08. The molecule has 3 aliphatic carbocycles. The van der Waals surface area contributed by atoms with Crippen molar-refractivity contribution in [3.05, 3.63) is 0 Å². The lowest BCUT2D eigenvalue weighted by atomic mass is 9.54. The second kappa shape index (κ2) is 4.28. The molecular formula is C13H23NO2. The number of fused-ring (bicyclic) bond motifs is 3. The molecule has 92 valence electrons. The van der Waals surface area contributed by atoms with E-state index in [9.17, 15) is 0 Å². The minimum Gasteiger partial charge on any atom is -0.350 e. The first kappa shape index (κ1) is 11.0. The van der Waals surface area contributed by atoms with Crippen molar-refractivity contribution in [1.82, 2.24) is 0 Å². The van der Waals surface area contributed by atoms with Crippen LogP contribution in [-0.4, -0.2) is 26.0 Å². The van der Waals surface area contributed by atoms with Gasteiger partial charge >= 0.3 is 0 Å². The molecule has 3 heteroatoms. The van der Waals surface area contributed by atoms with Crippen LogP contribution in [0.3, 0.4) is 0 Å². The average molecular weight is 225 g/mol. The van der Waals surface area contributed by atoms with Gasteiger partial charge in [-0.05, 0) is 43.1 Å². The van der Waals surface area contributed by atoms with Crippen LogP contribution in [-0.2, 0) is 9.47 Å². The smallest absolute Gasteiger partial charge is 0.158 e. The van der Waals surface area contributed by atoms with Crippen molar-refractivity contribution in [2.24, 2.45) is 23.0 Å². The van der Waals surface area contributed by atoms with Crippen molar-refractivity contribution >= 4 is 0 Å². The third-order valence-electron chi connectivity index (χ3n) is 5.08. The predicted octanol–water partition coefficient (Wildman–Crippen LogP) is 1.90. The Labute approximate surface area is 97.7 Å². The van der Waals surface area contributed by atoms with Gasteiger partial charge in [-0.15, -0.1) is 0 Å². The summed E-state index contributed by atoms with van der Waals surface area (Å²) in [5.41, 5.74) is 6.42. The highest BCUT2D eigenvalue weighted by atomic mass is 16.7. The van der Waals surface area contributed by atoms with Crippen molar-refractivity contribution in [3.63, 3.8) is 0 Å². The van der Waals surface area contributed by atoms with Gasteiger partial charge in [0.2, 0.25) is 0 Å². The largest absolute Gasteiger partial charge is 0.350 e. The molecule has 3 nitrogen and oxygen atoms in total. The molecule has 4 aliphatic rings. The molecule has 0 aromatic carbocycles. The summed E-state index contributed by atoms with van der Waals surface area (Å²) in [5, 5.41) is 0. The molecule has 1 saturated heterocycles. The minimum absolute atomic E-state index is 0.0305. The van der Waals surface area contributed by atoms with Gasteiger partial charge in [-0.25, -0.2) is 0 Å². The van der Waals surface area contributed by atoms with Gasteiger partial charge in [0.25, 0.3) is 0 Å². The van der Waals surface area contributed by atoms with Gasteiger partial charge in [-0.2, -0.15) is 0 Å². The molecule has 16 heavy (non-hydrogen) atoms. The molecule has 0 aromatic heterocycles. The zero-order chi connectivity index (χ0) is 11.0. The predicted molar refractivity (Wildman–Crippen MR) is 61.9 cm³/mol. The molecule has 2 N–H and O–H groups in total. The summed E-state index contributed by atoms with van der Waals surface area (Å²) in [5.74, 6) is 1.75. The van der Waals surface area contributed by atoms with Crippen molar-refractivity contribution in [2.45, 2.75) is 44.8 Å². The van der Waals surface area contributed by atoms with Gasteiger partial charge in [-0.1, -0.05) is 12.8 Å². The first-order valence-corrected chi connectivity index (χ1v) is 6.76. The molecule has 4 fully saturated rings. The second-order valence-corrected chi connectivity index (χ2v) is 5.86. The highest BCUT2D eigenvalue weighted by molar-refractivity contribution is 4.98. The molecule has 4 rings (SSSR count). The summed E-state index contributed by atoms with van der Waals surface area (Å²) in [4.78, 5) is 0. The van der Waals surface area contributed by atoms with Crippen LogP contribution in [0.1, 0.15) is 38.5 Å². The van der Waals surface area contributed by atoms with E-state index in [-0.39, 0.29) is 6.29 Å². The Morgan fingerprint density at radius 2 is 1.75 bits per heavy atom. The van der Waals surface area contributed by atoms with E-state index < -0.39 is 0 Å². The Balaban J connectivity index is 1.72. The van der Waals surface area contributed by atoms with Gasteiger partial charge < -0.3 is 15.2 Å². The quantitative estimate of drug-likeness (QED) is 0.798. The number of hydrogen-bond acceptors (Lipinski definition) is 3. The Morgan fingerprint density at radius 3 is 2.25 bits per heavy atom. The van der Waals surface area contributed by atoms with Gasteiger partial charge in [0.15, 0.2) is 6.29 Å². The van der Waals surface area contributed by atoms with E-state index in [0.29, 0.717) is 5.41 Å². The molecule has 0 amide bonds. The molecule has 0 spiro atoms. The van der Waals surface area contributed by atoms with E-state index in [0.717, 1.165) is 38.0 Å². The van der Waals surface area contributed by atoms with E-state index in [1.807, 2.05) is 0 Å².